The summed E-state index contributed by atoms with van der Waals surface area (Å²) < 4.78 is 0. The summed E-state index contributed by atoms with van der Waals surface area (Å²) >= 11 is 0. The summed E-state index contributed by atoms with van der Waals surface area (Å²) in [6, 6.07) is 74.4. The maximum absolute atomic E-state index is 2.50. The first-order valence-electron chi connectivity index (χ1n) is 20.8. The predicted molar refractivity (Wildman–Crippen MR) is 250 cm³/mol. The fourth-order valence-corrected chi connectivity index (χ4v) is 10.2. The molecule has 1 nitrogen and oxygen atoms in total. The second-order valence-corrected chi connectivity index (χ2v) is 17.4. The minimum atomic E-state index is -0.207. The molecular formula is C58H45N. The van der Waals surface area contributed by atoms with Crippen molar-refractivity contribution in [1.82, 2.24) is 0 Å². The van der Waals surface area contributed by atoms with E-state index in [1.54, 1.807) is 0 Å². The molecule has 0 bridgehead atoms. The Kier molecular flexibility index (Phi) is 7.94. The smallest absolute Gasteiger partial charge is 0.0546 e. The number of rotatable bonds is 6. The van der Waals surface area contributed by atoms with Gasteiger partial charge in [-0.05, 0) is 138 Å². The summed E-state index contributed by atoms with van der Waals surface area (Å²) in [6.07, 6.45) is 0. The number of fused-ring (bicyclic) bond motifs is 5. The van der Waals surface area contributed by atoms with E-state index in [9.17, 15) is 0 Å². The van der Waals surface area contributed by atoms with Crippen LogP contribution in [0.5, 0.6) is 0 Å². The zero-order valence-electron chi connectivity index (χ0n) is 34.0. The summed E-state index contributed by atoms with van der Waals surface area (Å²) in [5.41, 5.74) is 21.1. The van der Waals surface area contributed by atoms with Crippen LogP contribution in [0.2, 0.25) is 0 Å². The minimum absolute atomic E-state index is 0.118. The Morgan fingerprint density at radius 1 is 0.322 bits per heavy atom. The van der Waals surface area contributed by atoms with Crippen molar-refractivity contribution in [2.24, 2.45) is 0 Å². The Morgan fingerprint density at radius 2 is 0.881 bits per heavy atom. The SMILES string of the molecule is CC1(C)c2ccccc2-c2ccc(N(c3ccccc3)c3ccc4cccc5c4c3-c3cc(-c4cc(-c6ccccc6)cc(-c6ccccc6)c4)ccc3C5(C)C)cc21. The Bertz CT molecular complexity index is 3020. The molecule has 282 valence electrons. The zero-order valence-corrected chi connectivity index (χ0v) is 34.0. The fourth-order valence-electron chi connectivity index (χ4n) is 10.2. The molecule has 0 fully saturated rings. The first-order valence-corrected chi connectivity index (χ1v) is 20.8. The van der Waals surface area contributed by atoms with Gasteiger partial charge in [-0.3, -0.25) is 0 Å². The van der Waals surface area contributed by atoms with E-state index >= 15 is 0 Å². The number of nitrogens with zero attached hydrogens (tertiary/aromatic N) is 1. The number of para-hydroxylation sites is 1. The molecule has 2 aliphatic carbocycles. The van der Waals surface area contributed by atoms with Crippen molar-refractivity contribution in [2.75, 3.05) is 4.90 Å². The number of anilines is 3. The van der Waals surface area contributed by atoms with Gasteiger partial charge in [0.15, 0.2) is 0 Å². The highest BCUT2D eigenvalue weighted by atomic mass is 15.1. The summed E-state index contributed by atoms with van der Waals surface area (Å²) in [6.45, 7) is 9.54. The van der Waals surface area contributed by atoms with Gasteiger partial charge in [0.05, 0.1) is 5.69 Å². The highest BCUT2D eigenvalue weighted by Crippen LogP contribution is 2.56. The lowest BCUT2D eigenvalue weighted by atomic mass is 9.67. The Morgan fingerprint density at radius 3 is 1.58 bits per heavy atom. The van der Waals surface area contributed by atoms with E-state index in [4.69, 9.17) is 0 Å². The molecule has 0 unspecified atom stereocenters. The van der Waals surface area contributed by atoms with Gasteiger partial charge < -0.3 is 4.90 Å². The lowest BCUT2D eigenvalue weighted by Crippen LogP contribution is -2.24. The molecule has 9 aromatic carbocycles. The van der Waals surface area contributed by atoms with Gasteiger partial charge in [-0.2, -0.15) is 0 Å². The summed E-state index contributed by atoms with van der Waals surface area (Å²) in [7, 11) is 0. The summed E-state index contributed by atoms with van der Waals surface area (Å²) in [5, 5.41) is 2.60. The maximum Gasteiger partial charge on any atom is 0.0546 e. The maximum atomic E-state index is 2.50. The van der Waals surface area contributed by atoms with Crippen molar-refractivity contribution in [3.05, 3.63) is 222 Å². The molecule has 0 amide bonds. The summed E-state index contributed by atoms with van der Waals surface area (Å²) in [4.78, 5) is 2.50. The quantitative estimate of drug-likeness (QED) is 0.163. The van der Waals surface area contributed by atoms with Gasteiger partial charge in [0.1, 0.15) is 0 Å². The molecule has 0 saturated carbocycles. The van der Waals surface area contributed by atoms with Crippen LogP contribution in [0.1, 0.15) is 49.9 Å². The van der Waals surface area contributed by atoms with E-state index < -0.39 is 0 Å². The van der Waals surface area contributed by atoms with Crippen LogP contribution < -0.4 is 4.90 Å². The number of benzene rings is 9. The van der Waals surface area contributed by atoms with E-state index in [0.717, 1.165) is 11.4 Å². The van der Waals surface area contributed by atoms with Crippen LogP contribution in [0.15, 0.2) is 200 Å². The van der Waals surface area contributed by atoms with Gasteiger partial charge in [0.2, 0.25) is 0 Å². The van der Waals surface area contributed by atoms with Crippen LogP contribution in [-0.2, 0) is 10.8 Å². The second kappa shape index (κ2) is 13.3. The zero-order chi connectivity index (χ0) is 39.9. The molecule has 1 heteroatoms. The van der Waals surface area contributed by atoms with Crippen LogP contribution in [0.4, 0.5) is 17.1 Å². The molecule has 0 aliphatic heterocycles. The highest BCUT2D eigenvalue weighted by Gasteiger charge is 2.38. The van der Waals surface area contributed by atoms with Gasteiger partial charge in [-0.25, -0.2) is 0 Å². The van der Waals surface area contributed by atoms with Gasteiger partial charge >= 0.3 is 0 Å². The monoisotopic (exact) mass is 755 g/mol. The van der Waals surface area contributed by atoms with Crippen molar-refractivity contribution in [1.29, 1.82) is 0 Å². The van der Waals surface area contributed by atoms with Crippen LogP contribution >= 0.6 is 0 Å². The van der Waals surface area contributed by atoms with Crippen molar-refractivity contribution >= 4 is 27.8 Å². The fraction of sp³-hybridized carbons (Fsp3) is 0.103. The molecule has 0 radical (unpaired) electrons. The standard InChI is InChI=1S/C58H45N/c1-57(2)51-31-27-41(44-34-42(38-17-8-5-9-18-38)33-43(35-44)39-19-10-6-11-20-39)36-49(51)56-54(32-28-40-21-16-26-52(57)55(40)56)59(45-22-12-7-13-23-45)46-29-30-48-47-24-14-15-25-50(47)58(3,4)53(48)37-46/h5-37H,1-4H3. The predicted octanol–water partition coefficient (Wildman–Crippen LogP) is 15.9. The number of hydrogen-bond donors (Lipinski definition) is 0. The molecule has 0 saturated heterocycles. The highest BCUT2D eigenvalue weighted by molar-refractivity contribution is 6.10. The normalized spacial score (nSPS) is 14.0. The van der Waals surface area contributed by atoms with E-state index in [0.29, 0.717) is 0 Å². The topological polar surface area (TPSA) is 3.24 Å². The Hall–Kier alpha value is -6.96. The average Bonchev–Trinajstić information content (AvgIpc) is 3.51. The molecule has 2 aliphatic rings. The third-order valence-electron chi connectivity index (χ3n) is 13.2. The molecule has 0 atom stereocenters. The van der Waals surface area contributed by atoms with Crippen molar-refractivity contribution < 1.29 is 0 Å². The van der Waals surface area contributed by atoms with Crippen molar-refractivity contribution in [3.8, 4) is 55.6 Å². The second-order valence-electron chi connectivity index (χ2n) is 17.4. The van der Waals surface area contributed by atoms with Gasteiger partial charge in [0, 0.05) is 27.8 Å². The number of hydrogen-bond acceptors (Lipinski definition) is 1. The first-order chi connectivity index (χ1) is 28.8. The molecule has 0 spiro atoms. The van der Waals surface area contributed by atoms with Crippen LogP contribution in [-0.4, -0.2) is 0 Å². The third-order valence-corrected chi connectivity index (χ3v) is 13.2. The van der Waals surface area contributed by atoms with Gasteiger partial charge in [0.25, 0.3) is 0 Å². The molecule has 11 rings (SSSR count). The van der Waals surface area contributed by atoms with E-state index in [1.807, 2.05) is 0 Å². The molecular weight excluding hydrogens is 711 g/mol. The van der Waals surface area contributed by atoms with Crippen LogP contribution in [0.25, 0.3) is 66.4 Å². The van der Waals surface area contributed by atoms with Gasteiger partial charge in [-0.15, -0.1) is 0 Å². The van der Waals surface area contributed by atoms with Crippen LogP contribution in [0.3, 0.4) is 0 Å². The van der Waals surface area contributed by atoms with Gasteiger partial charge in [-0.1, -0.05) is 173 Å². The largest absolute Gasteiger partial charge is 0.310 e. The van der Waals surface area contributed by atoms with Crippen LogP contribution in [0, 0.1) is 0 Å². The lowest BCUT2D eigenvalue weighted by Gasteiger charge is -2.38. The third kappa shape index (κ3) is 5.53. The van der Waals surface area contributed by atoms with E-state index in [1.165, 1.54) is 94.3 Å². The summed E-state index contributed by atoms with van der Waals surface area (Å²) in [5.74, 6) is 0. The molecule has 0 aromatic heterocycles. The molecule has 0 N–H and O–H groups in total. The van der Waals surface area contributed by atoms with E-state index in [2.05, 4.69) is 233 Å². The molecule has 0 heterocycles. The Labute approximate surface area is 347 Å². The molecule has 9 aromatic rings. The van der Waals surface area contributed by atoms with Crippen molar-refractivity contribution in [3.63, 3.8) is 0 Å². The Balaban J connectivity index is 1.17. The minimum Gasteiger partial charge on any atom is -0.310 e. The average molecular weight is 756 g/mol. The first kappa shape index (κ1) is 35.2. The van der Waals surface area contributed by atoms with Crippen molar-refractivity contribution in [2.45, 2.75) is 38.5 Å². The molecule has 59 heavy (non-hydrogen) atoms. The lowest BCUT2D eigenvalue weighted by molar-refractivity contribution is 0.645. The van der Waals surface area contributed by atoms with E-state index in [-0.39, 0.29) is 10.8 Å².